The van der Waals surface area contributed by atoms with Crippen LogP contribution in [0, 0.1) is 5.92 Å². The summed E-state index contributed by atoms with van der Waals surface area (Å²) in [7, 11) is 0. The van der Waals surface area contributed by atoms with Gasteiger partial charge in [-0.2, -0.15) is 0 Å². The van der Waals surface area contributed by atoms with Crippen molar-refractivity contribution < 1.29 is 52.5 Å². The number of rotatable bonds is 8. The van der Waals surface area contributed by atoms with Gasteiger partial charge in [0.25, 0.3) is 0 Å². The molecule has 3 aliphatic rings. The van der Waals surface area contributed by atoms with Gasteiger partial charge in [-0.3, -0.25) is 0 Å². The third-order valence-electron chi connectivity index (χ3n) is 8.93. The monoisotopic (exact) mass is 689 g/mol. The molecule has 1 heterocycles. The average molecular weight is 690 g/mol. The zero-order valence-electron chi connectivity index (χ0n) is 30.2. The summed E-state index contributed by atoms with van der Waals surface area (Å²) in [5.41, 5.74) is -0.558. The highest BCUT2D eigenvalue weighted by Gasteiger charge is 2.34. The minimum atomic E-state index is -0.558. The summed E-state index contributed by atoms with van der Waals surface area (Å²) in [6.45, 7) is 13.2. The lowest BCUT2D eigenvalue weighted by molar-refractivity contribution is -0.125. The molecule has 48 heavy (non-hydrogen) atoms. The number of aliphatic hydroxyl groups is 1. The van der Waals surface area contributed by atoms with Crippen LogP contribution in [0.3, 0.4) is 0 Å². The second-order valence-corrected chi connectivity index (χ2v) is 14.1. The van der Waals surface area contributed by atoms with E-state index in [9.17, 15) is 4.79 Å². The van der Waals surface area contributed by atoms with Crippen molar-refractivity contribution in [3.8, 4) is 0 Å². The van der Waals surface area contributed by atoms with Crippen LogP contribution in [-0.2, 0) is 42.6 Å². The molecule has 282 valence electrons. The van der Waals surface area contributed by atoms with Gasteiger partial charge in [0.15, 0.2) is 0 Å². The highest BCUT2D eigenvalue weighted by molar-refractivity contribution is 5.68. The van der Waals surface area contributed by atoms with E-state index in [-0.39, 0.29) is 43.0 Å². The lowest BCUT2D eigenvalue weighted by atomic mass is 9.84. The number of ether oxygens (including phenoxy) is 9. The maximum atomic E-state index is 13.2. The van der Waals surface area contributed by atoms with E-state index in [4.69, 9.17) is 47.7 Å². The van der Waals surface area contributed by atoms with Gasteiger partial charge in [0.2, 0.25) is 0 Å². The highest BCUT2D eigenvalue weighted by atomic mass is 16.6. The van der Waals surface area contributed by atoms with E-state index < -0.39 is 5.60 Å². The molecule has 12 heteroatoms. The number of hydrogen-bond acceptors (Lipinski definition) is 11. The molecule has 0 aromatic carbocycles. The fraction of sp³-hybridized carbons (Fsp3) is 0.972. The summed E-state index contributed by atoms with van der Waals surface area (Å²) >= 11 is 0. The minimum absolute atomic E-state index is 0.0517. The van der Waals surface area contributed by atoms with E-state index in [0.717, 1.165) is 57.8 Å². The van der Waals surface area contributed by atoms with E-state index in [2.05, 4.69) is 0 Å². The Morgan fingerprint density at radius 2 is 1.08 bits per heavy atom. The number of carbonyl (C=O) groups excluding carboxylic acids is 1. The topological polar surface area (TPSA) is 124 Å². The zero-order valence-corrected chi connectivity index (χ0v) is 30.2. The number of nitrogens with zero attached hydrogens (tertiary/aromatic N) is 1. The third-order valence-corrected chi connectivity index (χ3v) is 8.93. The molecule has 2 saturated carbocycles. The van der Waals surface area contributed by atoms with Crippen molar-refractivity contribution >= 4 is 6.09 Å². The number of fused-ring (bicyclic) bond motifs is 2. The van der Waals surface area contributed by atoms with Crippen molar-refractivity contribution in [2.45, 2.75) is 121 Å². The SMILES string of the molecule is CC(C)(C)OC(=O)N(CCCCCCO)CC1CCC2OCCOCCOCCOC3CCCCC3OCCOCCOCCOC2C1. The maximum absolute atomic E-state index is 13.2. The van der Waals surface area contributed by atoms with Gasteiger partial charge in [-0.25, -0.2) is 4.79 Å². The van der Waals surface area contributed by atoms with Crippen molar-refractivity contribution in [3.63, 3.8) is 0 Å². The van der Waals surface area contributed by atoms with Crippen molar-refractivity contribution in [1.29, 1.82) is 0 Å². The van der Waals surface area contributed by atoms with Crippen LogP contribution in [0.1, 0.15) is 91.4 Å². The number of aliphatic hydroxyl groups excluding tert-OH is 1. The molecule has 1 saturated heterocycles. The maximum Gasteiger partial charge on any atom is 0.410 e. The van der Waals surface area contributed by atoms with Crippen LogP contribution in [0.5, 0.6) is 0 Å². The van der Waals surface area contributed by atoms with Crippen LogP contribution in [0.2, 0.25) is 0 Å². The summed E-state index contributed by atoms with van der Waals surface area (Å²) < 4.78 is 53.7. The molecule has 5 unspecified atom stereocenters. The second-order valence-electron chi connectivity index (χ2n) is 14.1. The van der Waals surface area contributed by atoms with Gasteiger partial charge in [0, 0.05) is 19.7 Å². The van der Waals surface area contributed by atoms with Gasteiger partial charge in [0.1, 0.15) is 5.60 Å². The first-order valence-corrected chi connectivity index (χ1v) is 18.7. The Balaban J connectivity index is 1.49. The van der Waals surface area contributed by atoms with Crippen LogP contribution in [0.4, 0.5) is 4.79 Å². The first kappa shape index (κ1) is 41.3. The standard InChI is InChI=1S/C36H67NO11/c1-36(2,3)48-35(39)37(14-8-4-5-9-15-38)29-30-12-13-33-34(28-30)47-27-23-43-19-18-41-21-25-45-32-11-7-6-10-31(32)44-24-20-40-16-17-42-22-26-46-33/h30-34,38H,4-29H2,1-3H3. The Kier molecular flexibility index (Phi) is 21.5. The summed E-state index contributed by atoms with van der Waals surface area (Å²) in [6.07, 6.45) is 10.3. The van der Waals surface area contributed by atoms with E-state index >= 15 is 0 Å². The Labute approximate surface area is 289 Å². The molecule has 5 atom stereocenters. The summed E-state index contributed by atoms with van der Waals surface area (Å²) in [4.78, 5) is 15.0. The number of carbonyl (C=O) groups is 1. The second kappa shape index (κ2) is 25.0. The summed E-state index contributed by atoms with van der Waals surface area (Å²) in [5, 5.41) is 9.12. The van der Waals surface area contributed by atoms with E-state index in [1.807, 2.05) is 25.7 Å². The minimum Gasteiger partial charge on any atom is -0.444 e. The van der Waals surface area contributed by atoms with E-state index in [1.54, 1.807) is 0 Å². The first-order valence-electron chi connectivity index (χ1n) is 18.7. The third kappa shape index (κ3) is 18.2. The first-order chi connectivity index (χ1) is 23.4. The normalized spacial score (nSPS) is 28.7. The van der Waals surface area contributed by atoms with Gasteiger partial charge in [0.05, 0.1) is 104 Å². The van der Waals surface area contributed by atoms with Gasteiger partial charge in [-0.15, -0.1) is 0 Å². The quantitative estimate of drug-likeness (QED) is 0.355. The average Bonchev–Trinajstić information content (AvgIpc) is 3.05. The van der Waals surface area contributed by atoms with Crippen molar-refractivity contribution in [2.24, 2.45) is 5.92 Å². The van der Waals surface area contributed by atoms with Crippen LogP contribution >= 0.6 is 0 Å². The van der Waals surface area contributed by atoms with Gasteiger partial charge in [-0.1, -0.05) is 25.7 Å². The van der Waals surface area contributed by atoms with Crippen LogP contribution in [-0.4, -0.2) is 145 Å². The van der Waals surface area contributed by atoms with Crippen LogP contribution < -0.4 is 0 Å². The Morgan fingerprint density at radius 3 is 1.58 bits per heavy atom. The highest BCUT2D eigenvalue weighted by Crippen LogP contribution is 2.30. The smallest absolute Gasteiger partial charge is 0.410 e. The van der Waals surface area contributed by atoms with Gasteiger partial charge in [-0.05, 0) is 71.6 Å². The number of hydrogen-bond donors (Lipinski definition) is 1. The molecule has 2 aliphatic carbocycles. The van der Waals surface area contributed by atoms with Crippen molar-refractivity contribution in [3.05, 3.63) is 0 Å². The predicted molar refractivity (Wildman–Crippen MR) is 181 cm³/mol. The van der Waals surface area contributed by atoms with Crippen LogP contribution in [0.25, 0.3) is 0 Å². The summed E-state index contributed by atoms with van der Waals surface area (Å²) in [6, 6.07) is 0. The van der Waals surface area contributed by atoms with Gasteiger partial charge >= 0.3 is 6.09 Å². The molecule has 3 fully saturated rings. The Bertz CT molecular complexity index is 813. The molecule has 1 N–H and O–H groups in total. The number of unbranched alkanes of at least 4 members (excludes halogenated alkanes) is 3. The van der Waals surface area contributed by atoms with E-state index in [0.29, 0.717) is 92.4 Å². The predicted octanol–water partition coefficient (Wildman–Crippen LogP) is 4.77. The molecule has 12 nitrogen and oxygen atoms in total. The molecule has 0 spiro atoms. The molecular formula is C36H67NO11. The number of amides is 1. The summed E-state index contributed by atoms with van der Waals surface area (Å²) in [5.74, 6) is 0.268. The molecule has 0 radical (unpaired) electrons. The molecule has 3 rings (SSSR count). The molecule has 0 aromatic rings. The van der Waals surface area contributed by atoms with Crippen LogP contribution in [0.15, 0.2) is 0 Å². The fourth-order valence-corrected chi connectivity index (χ4v) is 6.50. The molecule has 1 aliphatic heterocycles. The molecule has 1 amide bonds. The van der Waals surface area contributed by atoms with Crippen molar-refractivity contribution in [2.75, 3.05) is 99.0 Å². The van der Waals surface area contributed by atoms with Gasteiger partial charge < -0.3 is 52.6 Å². The zero-order chi connectivity index (χ0) is 34.3. The van der Waals surface area contributed by atoms with E-state index in [1.165, 1.54) is 12.8 Å². The largest absolute Gasteiger partial charge is 0.444 e. The van der Waals surface area contributed by atoms with Crippen molar-refractivity contribution in [1.82, 2.24) is 4.90 Å². The Morgan fingerprint density at radius 1 is 0.625 bits per heavy atom. The molecular weight excluding hydrogens is 622 g/mol. The molecule has 0 aromatic heterocycles. The molecule has 0 bridgehead atoms. The lowest BCUT2D eigenvalue weighted by Gasteiger charge is -2.38. The fourth-order valence-electron chi connectivity index (χ4n) is 6.50. The lowest BCUT2D eigenvalue weighted by Crippen LogP contribution is -2.45. The Hall–Kier alpha value is -1.09.